The fourth-order valence-electron chi connectivity index (χ4n) is 3.63. The second-order valence-electron chi connectivity index (χ2n) is 10.7. The summed E-state index contributed by atoms with van der Waals surface area (Å²) in [7, 11) is -3.50. The Hall–Kier alpha value is -2.52. The predicted octanol–water partition coefficient (Wildman–Crippen LogP) is 6.13. The van der Waals surface area contributed by atoms with Crippen LogP contribution in [0.3, 0.4) is 0 Å². The number of benzene rings is 2. The number of ketones is 1. The molecule has 0 saturated heterocycles. The number of carbonyl (C=O) groups is 1. The lowest BCUT2D eigenvalue weighted by atomic mass is 9.95. The third-order valence-electron chi connectivity index (χ3n) is 5.72. The highest BCUT2D eigenvalue weighted by atomic mass is 28.3. The summed E-state index contributed by atoms with van der Waals surface area (Å²) in [6.07, 6.45) is 1.59. The van der Waals surface area contributed by atoms with Crippen molar-refractivity contribution in [2.45, 2.75) is 71.6 Å². The summed E-state index contributed by atoms with van der Waals surface area (Å²) in [4.78, 5) is 12.4. The molecule has 1 fully saturated rings. The zero-order chi connectivity index (χ0) is 24.1. The van der Waals surface area contributed by atoms with Crippen molar-refractivity contribution in [2.75, 3.05) is 0 Å². The lowest BCUT2D eigenvalue weighted by molar-refractivity contribution is -0.117. The van der Waals surface area contributed by atoms with Gasteiger partial charge in [0.2, 0.25) is 0 Å². The van der Waals surface area contributed by atoms with Gasteiger partial charge in [-0.25, -0.2) is 0 Å². The molecule has 176 valence electrons. The number of hydrazone groups is 2. The summed E-state index contributed by atoms with van der Waals surface area (Å²) in [5.74, 6) is 0.255. The Morgan fingerprint density at radius 2 is 1.09 bits per heavy atom. The minimum atomic E-state index is -1.77. The van der Waals surface area contributed by atoms with Crippen molar-refractivity contribution in [3.63, 3.8) is 0 Å². The van der Waals surface area contributed by atoms with Gasteiger partial charge >= 0.3 is 0 Å². The van der Waals surface area contributed by atoms with Gasteiger partial charge in [-0.15, -0.1) is 0 Å². The van der Waals surface area contributed by atoms with E-state index in [1.807, 2.05) is 12.1 Å². The van der Waals surface area contributed by atoms with Crippen molar-refractivity contribution < 1.29 is 4.79 Å². The van der Waals surface area contributed by atoms with E-state index in [0.29, 0.717) is 19.3 Å². The minimum absolute atomic E-state index is 0.255. The van der Waals surface area contributed by atoms with Crippen LogP contribution in [-0.2, 0) is 17.9 Å². The second kappa shape index (κ2) is 10.6. The highest BCUT2D eigenvalue weighted by Gasteiger charge is 2.30. The van der Waals surface area contributed by atoms with E-state index in [9.17, 15) is 4.79 Å². The molecule has 7 heteroatoms. The Balaban J connectivity index is 1.96. The molecule has 2 aromatic rings. The quantitative estimate of drug-likeness (QED) is 0.339. The molecule has 33 heavy (non-hydrogen) atoms. The van der Waals surface area contributed by atoms with Gasteiger partial charge in [0.25, 0.3) is 0 Å². The molecule has 1 aliphatic rings. The lowest BCUT2D eigenvalue weighted by Gasteiger charge is -2.35. The molecule has 0 unspecified atom stereocenters. The third kappa shape index (κ3) is 7.50. The first-order chi connectivity index (χ1) is 15.5. The maximum absolute atomic E-state index is 12.4. The van der Waals surface area contributed by atoms with Gasteiger partial charge in [-0.1, -0.05) is 99.9 Å². The maximum Gasteiger partial charge on any atom is 0.169 e. The maximum atomic E-state index is 12.4. The summed E-state index contributed by atoms with van der Waals surface area (Å²) in [6.45, 7) is 15.4. The van der Waals surface area contributed by atoms with E-state index < -0.39 is 16.5 Å². The molecule has 0 heterocycles. The van der Waals surface area contributed by atoms with Gasteiger partial charge in [0.1, 0.15) is 5.78 Å². The molecule has 1 saturated carbocycles. The smallest absolute Gasteiger partial charge is 0.169 e. The molecular formula is C26H38N4OSi2. The summed E-state index contributed by atoms with van der Waals surface area (Å²) < 4.78 is 4.51. The second-order valence-corrected chi connectivity index (χ2v) is 20.5. The fraction of sp³-hybridized carbons (Fsp3) is 0.423. The van der Waals surface area contributed by atoms with E-state index in [1.165, 1.54) is 11.1 Å². The van der Waals surface area contributed by atoms with Gasteiger partial charge in [-0.2, -0.15) is 10.2 Å². The first-order valence-corrected chi connectivity index (χ1v) is 18.7. The van der Waals surface area contributed by atoms with Crippen LogP contribution in [-0.4, -0.2) is 43.0 Å². The molecule has 0 atom stereocenters. The van der Waals surface area contributed by atoms with Gasteiger partial charge in [0.05, 0.1) is 30.9 Å². The molecule has 3 rings (SSSR count). The molecule has 0 aliphatic heterocycles. The van der Waals surface area contributed by atoms with E-state index in [1.54, 1.807) is 0 Å². The van der Waals surface area contributed by atoms with Crippen LogP contribution in [0.2, 0.25) is 39.3 Å². The van der Waals surface area contributed by atoms with Gasteiger partial charge in [-0.3, -0.25) is 4.79 Å². The van der Waals surface area contributed by atoms with Crippen molar-refractivity contribution >= 4 is 33.7 Å². The first kappa shape index (κ1) is 25.1. The van der Waals surface area contributed by atoms with Crippen LogP contribution in [0.25, 0.3) is 0 Å². The number of hydrogen-bond acceptors (Lipinski definition) is 5. The van der Waals surface area contributed by atoms with Crippen molar-refractivity contribution in [1.82, 2.24) is 9.35 Å². The zero-order valence-electron chi connectivity index (χ0n) is 21.0. The normalized spacial score (nSPS) is 17.5. The number of carbonyl (C=O) groups excluding carboxylic acids is 1. The minimum Gasteiger partial charge on any atom is -0.320 e. The Bertz CT molecular complexity index is 992. The standard InChI is InChI=1S/C26H38N4OSi2/c1-32(2,3)29(20-22-13-9-7-10-14-22)27-25-18-17-24(31)19-26(25)28-30(33(4,5)6)21-23-15-11-8-12-16-23/h7-16H,17-21H2,1-6H3. The van der Waals surface area contributed by atoms with Crippen LogP contribution in [0.1, 0.15) is 30.4 Å². The Labute approximate surface area is 201 Å². The average molecular weight is 479 g/mol. The Kier molecular flexibility index (Phi) is 8.07. The van der Waals surface area contributed by atoms with Gasteiger partial charge < -0.3 is 9.35 Å². The van der Waals surface area contributed by atoms with Crippen molar-refractivity contribution in [3.05, 3.63) is 71.8 Å². The number of nitrogens with zero attached hydrogens (tertiary/aromatic N) is 4. The molecule has 1 aliphatic carbocycles. The van der Waals surface area contributed by atoms with E-state index >= 15 is 0 Å². The van der Waals surface area contributed by atoms with Crippen molar-refractivity contribution in [2.24, 2.45) is 10.2 Å². The van der Waals surface area contributed by atoms with Crippen molar-refractivity contribution in [1.29, 1.82) is 0 Å². The molecule has 0 radical (unpaired) electrons. The monoisotopic (exact) mass is 478 g/mol. The highest BCUT2D eigenvalue weighted by Crippen LogP contribution is 2.21. The van der Waals surface area contributed by atoms with Gasteiger partial charge in [-0.05, 0) is 11.1 Å². The summed E-state index contributed by atoms with van der Waals surface area (Å²) in [6, 6.07) is 21.0. The lowest BCUT2D eigenvalue weighted by Crippen LogP contribution is -2.45. The van der Waals surface area contributed by atoms with Gasteiger partial charge in [0, 0.05) is 12.8 Å². The Morgan fingerprint density at radius 3 is 1.52 bits per heavy atom. The summed E-state index contributed by atoms with van der Waals surface area (Å²) in [5.41, 5.74) is 4.31. The molecule has 2 aromatic carbocycles. The first-order valence-electron chi connectivity index (χ1n) is 11.8. The van der Waals surface area contributed by atoms with Crippen LogP contribution in [0.4, 0.5) is 0 Å². The molecule has 0 bridgehead atoms. The molecule has 0 spiro atoms. The number of hydrogen-bond donors (Lipinski definition) is 0. The SMILES string of the molecule is C[Si](C)(C)N(Cc1ccccc1)N=C1CCC(=O)CC1=NN(Cc1ccccc1)[Si](C)(C)C. The van der Waals surface area contributed by atoms with E-state index in [4.69, 9.17) is 10.2 Å². The van der Waals surface area contributed by atoms with Crippen LogP contribution in [0.15, 0.2) is 70.9 Å². The molecule has 0 aromatic heterocycles. The summed E-state index contributed by atoms with van der Waals surface area (Å²) >= 11 is 0. The predicted molar refractivity (Wildman–Crippen MR) is 144 cm³/mol. The molecule has 5 nitrogen and oxygen atoms in total. The fourth-order valence-corrected chi connectivity index (χ4v) is 5.78. The van der Waals surface area contributed by atoms with Crippen LogP contribution in [0, 0.1) is 0 Å². The van der Waals surface area contributed by atoms with Crippen LogP contribution >= 0.6 is 0 Å². The Morgan fingerprint density at radius 1 is 0.667 bits per heavy atom. The van der Waals surface area contributed by atoms with Gasteiger partial charge in [0.15, 0.2) is 16.5 Å². The highest BCUT2D eigenvalue weighted by molar-refractivity contribution is 6.74. The number of Topliss-reactive ketones (excluding diaryl/α,β-unsaturated/α-hetero) is 1. The van der Waals surface area contributed by atoms with E-state index in [2.05, 4.69) is 97.2 Å². The van der Waals surface area contributed by atoms with Crippen LogP contribution < -0.4 is 0 Å². The molecule has 0 amide bonds. The van der Waals surface area contributed by atoms with Crippen molar-refractivity contribution in [3.8, 4) is 0 Å². The number of rotatable bonds is 8. The zero-order valence-corrected chi connectivity index (χ0v) is 23.0. The summed E-state index contributed by atoms with van der Waals surface area (Å²) in [5, 5.41) is 10.3. The largest absolute Gasteiger partial charge is 0.320 e. The third-order valence-corrected chi connectivity index (χ3v) is 9.33. The van der Waals surface area contributed by atoms with Crippen LogP contribution in [0.5, 0.6) is 0 Å². The van der Waals surface area contributed by atoms with E-state index in [-0.39, 0.29) is 5.78 Å². The molecular weight excluding hydrogens is 440 g/mol. The average Bonchev–Trinajstić information content (AvgIpc) is 2.74. The van der Waals surface area contributed by atoms with E-state index in [0.717, 1.165) is 24.5 Å². The molecule has 0 N–H and O–H groups in total. The topological polar surface area (TPSA) is 48.3 Å².